The third kappa shape index (κ3) is 6.79. The van der Waals surface area contributed by atoms with E-state index in [-0.39, 0.29) is 50.1 Å². The molecular formula is C24H23N7O9S2. The fraction of sp³-hybridized carbons (Fsp3) is 0.167. The number of hydrogen-bond acceptors (Lipinski definition) is 13. The molecule has 42 heavy (non-hydrogen) atoms. The number of carbonyl (C=O) groups is 3. The zero-order chi connectivity index (χ0) is 30.6. The molecule has 2 heterocycles. The minimum atomic E-state index is -4.77. The number of phenolic OH excluding ortho intramolecular Hbond substituents is 2. The molecule has 3 amide bonds. The Kier molecular flexibility index (Phi) is 8.69. The Morgan fingerprint density at radius 3 is 2.52 bits per heavy atom. The van der Waals surface area contributed by atoms with Crippen LogP contribution in [-0.4, -0.2) is 74.2 Å². The van der Waals surface area contributed by atoms with Crippen molar-refractivity contribution in [3.8, 4) is 11.5 Å². The Balaban J connectivity index is 1.37. The predicted octanol–water partition coefficient (Wildman–Crippen LogP) is 0.340. The van der Waals surface area contributed by atoms with Gasteiger partial charge in [0.1, 0.15) is 29.8 Å². The molecule has 3 aromatic rings. The lowest BCUT2D eigenvalue weighted by molar-refractivity contribution is -0.143. The van der Waals surface area contributed by atoms with E-state index >= 15 is 0 Å². The van der Waals surface area contributed by atoms with Crippen molar-refractivity contribution >= 4 is 56.4 Å². The van der Waals surface area contributed by atoms with Crippen LogP contribution in [0, 0.1) is 0 Å². The van der Waals surface area contributed by atoms with E-state index in [9.17, 15) is 33.0 Å². The molecule has 18 heteroatoms. The topological polar surface area (TPSA) is 246 Å². The van der Waals surface area contributed by atoms with E-state index < -0.39 is 40.1 Å². The van der Waals surface area contributed by atoms with Crippen molar-refractivity contribution < 1.29 is 42.4 Å². The van der Waals surface area contributed by atoms with Crippen molar-refractivity contribution in [1.29, 1.82) is 0 Å². The number of phenols is 2. The largest absolute Gasteiger partial charge is 0.508 e. The van der Waals surface area contributed by atoms with Gasteiger partial charge >= 0.3 is 10.3 Å². The number of hydrogen-bond donors (Lipinski definition) is 6. The third-order valence-corrected chi connectivity index (χ3v) is 7.52. The van der Waals surface area contributed by atoms with Crippen LogP contribution in [0.15, 0.2) is 58.1 Å². The number of amides is 3. The van der Waals surface area contributed by atoms with Crippen LogP contribution in [0.2, 0.25) is 0 Å². The van der Waals surface area contributed by atoms with Gasteiger partial charge in [-0.15, -0.1) is 11.3 Å². The van der Waals surface area contributed by atoms with Crippen molar-refractivity contribution in [1.82, 2.24) is 20.0 Å². The molecule has 1 aromatic heterocycles. The molecule has 0 aliphatic carbocycles. The normalized spacial score (nSPS) is 17.1. The molecule has 1 saturated heterocycles. The second kappa shape index (κ2) is 12.2. The van der Waals surface area contributed by atoms with Crippen LogP contribution < -0.4 is 16.5 Å². The molecule has 1 fully saturated rings. The van der Waals surface area contributed by atoms with Gasteiger partial charge in [-0.2, -0.15) is 13.5 Å². The zero-order valence-corrected chi connectivity index (χ0v) is 23.2. The van der Waals surface area contributed by atoms with E-state index in [1.165, 1.54) is 42.8 Å². The van der Waals surface area contributed by atoms with E-state index in [4.69, 9.17) is 15.1 Å². The number of rotatable bonds is 10. The lowest BCUT2D eigenvalue weighted by Gasteiger charge is -2.42. The van der Waals surface area contributed by atoms with Gasteiger partial charge < -0.3 is 26.1 Å². The lowest BCUT2D eigenvalue weighted by atomic mass is 10.0. The number of carbonyl (C=O) groups excluding carboxylic acids is 3. The molecule has 0 radical (unpaired) electrons. The number of nitrogen functional groups attached to an aromatic ring is 1. The zero-order valence-electron chi connectivity index (χ0n) is 21.5. The monoisotopic (exact) mass is 617 g/mol. The van der Waals surface area contributed by atoms with E-state index in [1.54, 1.807) is 12.1 Å². The summed E-state index contributed by atoms with van der Waals surface area (Å²) in [5, 5.41) is 30.6. The lowest BCUT2D eigenvalue weighted by Crippen LogP contribution is -2.71. The maximum Gasteiger partial charge on any atom is 0.362 e. The van der Waals surface area contributed by atoms with Crippen LogP contribution in [0.5, 0.6) is 11.5 Å². The molecular weight excluding hydrogens is 594 g/mol. The summed E-state index contributed by atoms with van der Waals surface area (Å²) < 4.78 is 32.0. The summed E-state index contributed by atoms with van der Waals surface area (Å²) in [6.07, 6.45) is 1.21. The van der Waals surface area contributed by atoms with Gasteiger partial charge in [0.15, 0.2) is 10.8 Å². The van der Waals surface area contributed by atoms with Gasteiger partial charge in [-0.25, -0.2) is 14.7 Å². The first-order chi connectivity index (χ1) is 19.8. The fourth-order valence-electron chi connectivity index (χ4n) is 3.70. The van der Waals surface area contributed by atoms with Gasteiger partial charge in [0.2, 0.25) is 0 Å². The molecule has 0 bridgehead atoms. The van der Waals surface area contributed by atoms with Crippen LogP contribution in [-0.2, 0) is 31.3 Å². The quantitative estimate of drug-likeness (QED) is 0.0783. The second-order valence-corrected chi connectivity index (χ2v) is 10.9. The first-order valence-corrected chi connectivity index (χ1v) is 14.1. The third-order valence-electron chi connectivity index (χ3n) is 5.84. The Hall–Kier alpha value is -5.07. The van der Waals surface area contributed by atoms with Gasteiger partial charge in [-0.3, -0.25) is 18.9 Å². The summed E-state index contributed by atoms with van der Waals surface area (Å²) in [5.74, 6) is -2.79. The number of aromatic hydroxyl groups is 2. The molecule has 220 valence electrons. The number of anilines is 1. The highest BCUT2D eigenvalue weighted by Gasteiger charge is 2.51. The Morgan fingerprint density at radius 1 is 1.21 bits per heavy atom. The van der Waals surface area contributed by atoms with Crippen LogP contribution in [0.1, 0.15) is 34.1 Å². The van der Waals surface area contributed by atoms with Gasteiger partial charge in [0.05, 0.1) is 12.3 Å². The number of nitrogens with one attached hydrogen (secondary N) is 2. The number of aromatic nitrogens is 1. The first kappa shape index (κ1) is 29.9. The van der Waals surface area contributed by atoms with Crippen LogP contribution in [0.4, 0.5) is 5.13 Å². The highest BCUT2D eigenvalue weighted by atomic mass is 32.2. The number of thiazole rings is 1. The number of β-lactam (4-membered cyclic amide) rings is 1. The average molecular weight is 618 g/mol. The van der Waals surface area contributed by atoms with Crippen molar-refractivity contribution in [2.24, 2.45) is 10.3 Å². The molecule has 1 aliphatic heterocycles. The molecule has 4 rings (SSSR count). The number of nitrogens with two attached hydrogens (primary N) is 1. The minimum Gasteiger partial charge on any atom is -0.508 e. The Labute approximate surface area is 242 Å². The van der Waals surface area contributed by atoms with E-state index in [2.05, 4.69) is 26.0 Å². The van der Waals surface area contributed by atoms with Crippen LogP contribution in [0.3, 0.4) is 0 Å². The Morgan fingerprint density at radius 2 is 1.93 bits per heavy atom. The van der Waals surface area contributed by atoms with Crippen LogP contribution in [0.25, 0.3) is 0 Å². The number of benzene rings is 2. The van der Waals surface area contributed by atoms with Crippen molar-refractivity contribution in [3.05, 3.63) is 70.2 Å². The van der Waals surface area contributed by atoms with E-state index in [0.717, 1.165) is 17.4 Å². The molecule has 1 aliphatic rings. The molecule has 2 atom stereocenters. The summed E-state index contributed by atoms with van der Waals surface area (Å²) in [7, 11) is -4.77. The average Bonchev–Trinajstić information content (AvgIpc) is 3.36. The van der Waals surface area contributed by atoms with Gasteiger partial charge in [0, 0.05) is 22.6 Å². The van der Waals surface area contributed by atoms with Crippen molar-refractivity contribution in [3.63, 3.8) is 0 Å². The number of hydrazone groups is 1. The van der Waals surface area contributed by atoms with Crippen molar-refractivity contribution in [2.75, 3.05) is 5.73 Å². The highest BCUT2D eigenvalue weighted by Crippen LogP contribution is 2.23. The highest BCUT2D eigenvalue weighted by molar-refractivity contribution is 7.84. The second-order valence-electron chi connectivity index (χ2n) is 8.73. The molecule has 2 aromatic carbocycles. The molecule has 7 N–H and O–H groups in total. The van der Waals surface area contributed by atoms with Gasteiger partial charge in [-0.05, 0) is 36.8 Å². The smallest absolute Gasteiger partial charge is 0.362 e. The maximum absolute atomic E-state index is 12.9. The summed E-state index contributed by atoms with van der Waals surface area (Å²) in [6.45, 7) is 1.19. The molecule has 0 saturated carbocycles. The standard InChI is InChI=1S/C24H23N7O9S2/c1-12-19(23(36)31(12)42(37,38)39)28-22(35)20(17-11-41-24(25)27-17)30-40-10-13-2-4-14(5-3-13)21(34)29-26-9-15-6-7-16(32)8-18(15)33/h2-9,11-12,19,32-33H,10H2,1H3,(H2,25,27)(H,28,35)(H,29,34)(H,37,38,39)/b26-9+,30-20-/t12-,19-/m0/s1. The first-order valence-electron chi connectivity index (χ1n) is 11.8. The maximum atomic E-state index is 12.9. The summed E-state index contributed by atoms with van der Waals surface area (Å²) >= 11 is 1.03. The predicted molar refractivity (Wildman–Crippen MR) is 149 cm³/mol. The van der Waals surface area contributed by atoms with E-state index in [1.807, 2.05) is 0 Å². The van der Waals surface area contributed by atoms with Gasteiger partial charge in [0.25, 0.3) is 17.7 Å². The Bertz CT molecular complexity index is 1690. The minimum absolute atomic E-state index is 0.0502. The van der Waals surface area contributed by atoms with Crippen LogP contribution >= 0.6 is 11.3 Å². The van der Waals surface area contributed by atoms with Gasteiger partial charge in [-0.1, -0.05) is 17.3 Å². The SMILES string of the molecule is C[C@H]1[C@H](NC(=O)/C(=N\OCc2ccc(C(=O)N/N=C/c3ccc(O)cc3O)cc2)c2csc(N)n2)C(=O)N1S(=O)(=O)O. The summed E-state index contributed by atoms with van der Waals surface area (Å²) in [5.41, 5.74) is 8.79. The number of nitrogens with zero attached hydrogens (tertiary/aromatic N) is 4. The summed E-state index contributed by atoms with van der Waals surface area (Å²) in [6, 6.07) is 7.74. The van der Waals surface area contributed by atoms with E-state index in [0.29, 0.717) is 5.56 Å². The summed E-state index contributed by atoms with van der Waals surface area (Å²) in [4.78, 5) is 46.7. The molecule has 0 unspecified atom stereocenters. The fourth-order valence-corrected chi connectivity index (χ4v) is 5.13. The van der Waals surface area contributed by atoms with Crippen molar-refractivity contribution in [2.45, 2.75) is 25.6 Å². The molecule has 0 spiro atoms. The number of oxime groups is 1. The molecule has 16 nitrogen and oxygen atoms in total.